The predicted octanol–water partition coefficient (Wildman–Crippen LogP) is 9.96. The topological polar surface area (TPSA) is 52.0 Å². The van der Waals surface area contributed by atoms with Gasteiger partial charge in [0.2, 0.25) is 0 Å². The molecule has 0 fully saturated rings. The van der Waals surface area contributed by atoms with Gasteiger partial charge in [0, 0.05) is 11.4 Å². The van der Waals surface area contributed by atoms with Crippen molar-refractivity contribution in [3.63, 3.8) is 0 Å². The van der Waals surface area contributed by atoms with E-state index in [4.69, 9.17) is 11.5 Å². The zero-order chi connectivity index (χ0) is 28.7. The van der Waals surface area contributed by atoms with Crippen LogP contribution in [0.1, 0.15) is 98.1 Å². The first kappa shape index (κ1) is 30.4. The molecule has 4 aromatic rings. The molecule has 4 N–H and O–H groups in total. The number of unbranched alkanes of at least 4 members (excludes halogenated alkanes) is 5. The van der Waals surface area contributed by atoms with Gasteiger partial charge in [-0.05, 0) is 102 Å². The van der Waals surface area contributed by atoms with E-state index in [1.807, 2.05) is 24.3 Å². The van der Waals surface area contributed by atoms with Crippen molar-refractivity contribution in [1.82, 2.24) is 0 Å². The number of rotatable bonds is 17. The van der Waals surface area contributed by atoms with Crippen LogP contribution in [0.4, 0.5) is 11.4 Å². The van der Waals surface area contributed by atoms with E-state index in [0.717, 1.165) is 30.1 Å². The van der Waals surface area contributed by atoms with Crippen molar-refractivity contribution >= 4 is 11.4 Å². The molecular formula is C39H50N2. The number of aryl methyl sites for hydroxylation is 2. The van der Waals surface area contributed by atoms with Crippen LogP contribution in [0.15, 0.2) is 97.1 Å². The van der Waals surface area contributed by atoms with Gasteiger partial charge in [-0.15, -0.1) is 0 Å². The van der Waals surface area contributed by atoms with Crippen molar-refractivity contribution in [2.45, 2.75) is 90.4 Å². The van der Waals surface area contributed by atoms with E-state index in [0.29, 0.717) is 0 Å². The second-order valence-electron chi connectivity index (χ2n) is 12.0. The Bertz CT molecular complexity index is 1160. The largest absolute Gasteiger partial charge is 0.399 e. The third-order valence-corrected chi connectivity index (χ3v) is 8.47. The molecule has 0 radical (unpaired) electrons. The minimum absolute atomic E-state index is 0.782. The third kappa shape index (κ3) is 11.1. The molecule has 0 saturated carbocycles. The Hall–Kier alpha value is -3.52. The van der Waals surface area contributed by atoms with Crippen LogP contribution in [0.25, 0.3) is 0 Å². The van der Waals surface area contributed by atoms with Gasteiger partial charge in [-0.3, -0.25) is 0 Å². The van der Waals surface area contributed by atoms with E-state index in [9.17, 15) is 0 Å². The van der Waals surface area contributed by atoms with Crippen molar-refractivity contribution in [3.05, 3.63) is 130 Å². The Morgan fingerprint density at radius 1 is 0.415 bits per heavy atom. The molecule has 0 aromatic heterocycles. The van der Waals surface area contributed by atoms with Crippen molar-refractivity contribution in [2.24, 2.45) is 5.92 Å². The standard InChI is InChI=1S/C39H50N2/c1-2-3-4-5-6-7-8-31(9-11-32-13-17-34(18-14-32)29-36-21-25-38(40)26-22-36)10-12-33-15-19-35(20-16-33)30-37-23-27-39(41)28-24-37/h13-28,31H,2-12,29-30,40-41H2,1H3. The Morgan fingerprint density at radius 2 is 0.756 bits per heavy atom. The molecule has 216 valence electrons. The van der Waals surface area contributed by atoms with Crippen molar-refractivity contribution in [2.75, 3.05) is 11.5 Å². The molecule has 0 spiro atoms. The molecule has 0 aliphatic heterocycles. The monoisotopic (exact) mass is 546 g/mol. The SMILES string of the molecule is CCCCCCCCC(CCc1ccc(Cc2ccc(N)cc2)cc1)CCc1ccc(Cc2ccc(N)cc2)cc1. The smallest absolute Gasteiger partial charge is 0.0314 e. The average Bonchev–Trinajstić information content (AvgIpc) is 2.99. The Morgan fingerprint density at radius 3 is 1.17 bits per heavy atom. The van der Waals surface area contributed by atoms with Crippen molar-refractivity contribution in [3.8, 4) is 0 Å². The number of hydrogen-bond donors (Lipinski definition) is 2. The maximum Gasteiger partial charge on any atom is 0.0314 e. The zero-order valence-electron chi connectivity index (χ0n) is 25.2. The lowest BCUT2D eigenvalue weighted by Gasteiger charge is -2.18. The molecule has 0 atom stereocenters. The van der Waals surface area contributed by atoms with Gasteiger partial charge in [-0.25, -0.2) is 0 Å². The summed E-state index contributed by atoms with van der Waals surface area (Å²) < 4.78 is 0. The van der Waals surface area contributed by atoms with E-state index in [1.165, 1.54) is 104 Å². The molecule has 0 heterocycles. The fourth-order valence-electron chi connectivity index (χ4n) is 5.78. The molecule has 2 heteroatoms. The van der Waals surface area contributed by atoms with E-state index in [-0.39, 0.29) is 0 Å². The highest BCUT2D eigenvalue weighted by molar-refractivity contribution is 5.41. The number of nitrogen functional groups attached to an aromatic ring is 2. The summed E-state index contributed by atoms with van der Waals surface area (Å²) in [7, 11) is 0. The summed E-state index contributed by atoms with van der Waals surface area (Å²) in [6.07, 6.45) is 16.4. The maximum atomic E-state index is 5.84. The van der Waals surface area contributed by atoms with Crippen LogP contribution >= 0.6 is 0 Å². The summed E-state index contributed by atoms with van der Waals surface area (Å²) in [6.45, 7) is 2.30. The molecule has 0 aliphatic carbocycles. The van der Waals surface area contributed by atoms with Gasteiger partial charge in [-0.2, -0.15) is 0 Å². The first-order valence-electron chi connectivity index (χ1n) is 15.9. The maximum absolute atomic E-state index is 5.84. The summed E-state index contributed by atoms with van der Waals surface area (Å²) in [5.41, 5.74) is 21.6. The highest BCUT2D eigenvalue weighted by Crippen LogP contribution is 2.24. The molecule has 4 rings (SSSR count). The summed E-state index contributed by atoms with van der Waals surface area (Å²) >= 11 is 0. The van der Waals surface area contributed by atoms with E-state index >= 15 is 0 Å². The van der Waals surface area contributed by atoms with E-state index in [2.05, 4.69) is 79.7 Å². The van der Waals surface area contributed by atoms with E-state index < -0.39 is 0 Å². The van der Waals surface area contributed by atoms with Gasteiger partial charge >= 0.3 is 0 Å². The van der Waals surface area contributed by atoms with Crippen LogP contribution in [-0.4, -0.2) is 0 Å². The molecule has 0 aliphatic rings. The van der Waals surface area contributed by atoms with Crippen molar-refractivity contribution in [1.29, 1.82) is 0 Å². The highest BCUT2D eigenvalue weighted by atomic mass is 14.5. The number of anilines is 2. The Balaban J connectivity index is 1.28. The van der Waals surface area contributed by atoms with Gasteiger partial charge in [0.05, 0.1) is 0 Å². The van der Waals surface area contributed by atoms with Gasteiger partial charge in [0.25, 0.3) is 0 Å². The predicted molar refractivity (Wildman–Crippen MR) is 178 cm³/mol. The lowest BCUT2D eigenvalue weighted by Crippen LogP contribution is -2.05. The van der Waals surface area contributed by atoms with Gasteiger partial charge in [0.1, 0.15) is 0 Å². The minimum atomic E-state index is 0.782. The second-order valence-corrected chi connectivity index (χ2v) is 12.0. The first-order valence-corrected chi connectivity index (χ1v) is 15.9. The number of benzene rings is 4. The van der Waals surface area contributed by atoms with Crippen LogP contribution in [0.3, 0.4) is 0 Å². The van der Waals surface area contributed by atoms with Gasteiger partial charge < -0.3 is 11.5 Å². The van der Waals surface area contributed by atoms with Crippen molar-refractivity contribution < 1.29 is 0 Å². The number of hydrogen-bond acceptors (Lipinski definition) is 2. The normalized spacial score (nSPS) is 11.3. The minimum Gasteiger partial charge on any atom is -0.399 e. The first-order chi connectivity index (χ1) is 20.1. The lowest BCUT2D eigenvalue weighted by atomic mass is 9.88. The molecule has 0 bridgehead atoms. The van der Waals surface area contributed by atoms with Crippen LogP contribution in [0.2, 0.25) is 0 Å². The highest BCUT2D eigenvalue weighted by Gasteiger charge is 2.11. The number of nitrogens with two attached hydrogens (primary N) is 2. The summed E-state index contributed by atoms with van der Waals surface area (Å²) in [5, 5.41) is 0. The van der Waals surface area contributed by atoms with Crippen LogP contribution in [0.5, 0.6) is 0 Å². The zero-order valence-corrected chi connectivity index (χ0v) is 25.2. The van der Waals surface area contributed by atoms with E-state index in [1.54, 1.807) is 0 Å². The van der Waals surface area contributed by atoms with Crippen LogP contribution < -0.4 is 11.5 Å². The summed E-state index contributed by atoms with van der Waals surface area (Å²) in [4.78, 5) is 0. The molecule has 0 amide bonds. The molecule has 4 aromatic carbocycles. The Kier molecular flexibility index (Phi) is 12.4. The second kappa shape index (κ2) is 16.7. The molecule has 0 saturated heterocycles. The fourth-order valence-corrected chi connectivity index (χ4v) is 5.78. The van der Waals surface area contributed by atoms with Crippen LogP contribution in [-0.2, 0) is 25.7 Å². The molecule has 0 unspecified atom stereocenters. The van der Waals surface area contributed by atoms with Gasteiger partial charge in [0.15, 0.2) is 0 Å². The van der Waals surface area contributed by atoms with Crippen LogP contribution in [0, 0.1) is 5.92 Å². The summed E-state index contributed by atoms with van der Waals surface area (Å²) in [5.74, 6) is 0.782. The molecule has 41 heavy (non-hydrogen) atoms. The Labute approximate surface area is 249 Å². The molecular weight excluding hydrogens is 496 g/mol. The fraction of sp³-hybridized carbons (Fsp3) is 0.385. The average molecular weight is 547 g/mol. The third-order valence-electron chi connectivity index (χ3n) is 8.47. The summed E-state index contributed by atoms with van der Waals surface area (Å²) in [6, 6.07) is 35.1. The lowest BCUT2D eigenvalue weighted by molar-refractivity contribution is 0.398. The quantitative estimate of drug-likeness (QED) is 0.102. The van der Waals surface area contributed by atoms with Gasteiger partial charge in [-0.1, -0.05) is 125 Å². The molecule has 2 nitrogen and oxygen atoms in total.